The number of unbranched alkanes of at least 4 members (excludes halogenated alkanes) is 30. The van der Waals surface area contributed by atoms with Crippen LogP contribution in [0.15, 0.2) is 122 Å². The van der Waals surface area contributed by atoms with Gasteiger partial charge in [0, 0.05) is 19.3 Å². The van der Waals surface area contributed by atoms with E-state index in [-0.39, 0.29) is 31.1 Å². The van der Waals surface area contributed by atoms with Crippen molar-refractivity contribution in [3.63, 3.8) is 0 Å². The van der Waals surface area contributed by atoms with Crippen molar-refractivity contribution in [1.82, 2.24) is 0 Å². The molecule has 0 aromatic rings. The molecule has 0 spiro atoms. The molecule has 0 rings (SSSR count). The van der Waals surface area contributed by atoms with Crippen molar-refractivity contribution in [2.24, 2.45) is 0 Å². The topological polar surface area (TPSA) is 78.9 Å². The molecule has 0 N–H and O–H groups in total. The fourth-order valence-electron chi connectivity index (χ4n) is 9.37. The zero-order valence-corrected chi connectivity index (χ0v) is 53.0. The third-order valence-corrected chi connectivity index (χ3v) is 14.5. The van der Waals surface area contributed by atoms with Crippen molar-refractivity contribution in [3.05, 3.63) is 122 Å². The number of hydrogen-bond donors (Lipinski definition) is 0. The molecule has 1 atom stereocenters. The smallest absolute Gasteiger partial charge is 0.306 e. The zero-order valence-electron chi connectivity index (χ0n) is 53.0. The lowest BCUT2D eigenvalue weighted by atomic mass is 10.0. The maximum Gasteiger partial charge on any atom is 0.306 e. The number of ether oxygens (including phenoxy) is 3. The van der Waals surface area contributed by atoms with E-state index in [0.717, 1.165) is 128 Å². The van der Waals surface area contributed by atoms with Gasteiger partial charge in [-0.1, -0.05) is 303 Å². The van der Waals surface area contributed by atoms with Gasteiger partial charge in [0.05, 0.1) is 0 Å². The second kappa shape index (κ2) is 68.3. The van der Waals surface area contributed by atoms with Gasteiger partial charge in [-0.15, -0.1) is 0 Å². The lowest BCUT2D eigenvalue weighted by Crippen LogP contribution is -2.30. The highest BCUT2D eigenvalue weighted by atomic mass is 16.6. The monoisotopic (exact) mass is 1120 g/mol. The lowest BCUT2D eigenvalue weighted by Gasteiger charge is -2.18. The molecule has 81 heavy (non-hydrogen) atoms. The number of hydrogen-bond acceptors (Lipinski definition) is 6. The lowest BCUT2D eigenvalue weighted by molar-refractivity contribution is -0.167. The summed E-state index contributed by atoms with van der Waals surface area (Å²) in [5.41, 5.74) is 0. The SMILES string of the molecule is CC/C=C\C/C=C\C/C=C\C/C=C\C/C=C\C/C=C\C/C=C\CCCCCCCCCCCCCCCC(=O)OCC(COC(=O)CCCCCCC)OC(=O)CCCCCCCCCC/C=C\C/C=C\C/C=C\CCCCCCC. The molecule has 0 bridgehead atoms. The molecule has 0 aromatic carbocycles. The van der Waals surface area contributed by atoms with Gasteiger partial charge in [0.1, 0.15) is 13.2 Å². The number of allylic oxidation sites excluding steroid dienone is 20. The van der Waals surface area contributed by atoms with Gasteiger partial charge in [-0.2, -0.15) is 0 Å². The normalized spacial score (nSPS) is 12.9. The van der Waals surface area contributed by atoms with E-state index in [0.29, 0.717) is 19.3 Å². The van der Waals surface area contributed by atoms with E-state index in [9.17, 15) is 14.4 Å². The van der Waals surface area contributed by atoms with Crippen LogP contribution < -0.4 is 0 Å². The van der Waals surface area contributed by atoms with E-state index in [1.54, 1.807) is 0 Å². The Labute approximate surface area is 501 Å². The highest BCUT2D eigenvalue weighted by Gasteiger charge is 2.19. The highest BCUT2D eigenvalue weighted by Crippen LogP contribution is 2.16. The predicted molar refractivity (Wildman–Crippen MR) is 353 cm³/mol. The van der Waals surface area contributed by atoms with Crippen LogP contribution in [0.4, 0.5) is 0 Å². The van der Waals surface area contributed by atoms with Gasteiger partial charge in [0.15, 0.2) is 6.10 Å². The van der Waals surface area contributed by atoms with Crippen LogP contribution in [0.3, 0.4) is 0 Å². The van der Waals surface area contributed by atoms with E-state index < -0.39 is 6.10 Å². The first-order valence-corrected chi connectivity index (χ1v) is 34.0. The van der Waals surface area contributed by atoms with E-state index in [4.69, 9.17) is 14.2 Å². The van der Waals surface area contributed by atoms with Gasteiger partial charge in [0.2, 0.25) is 0 Å². The average Bonchev–Trinajstić information content (AvgIpc) is 3.47. The molecule has 0 aliphatic heterocycles. The molecule has 0 amide bonds. The summed E-state index contributed by atoms with van der Waals surface area (Å²) in [7, 11) is 0. The summed E-state index contributed by atoms with van der Waals surface area (Å²) in [6, 6.07) is 0. The summed E-state index contributed by atoms with van der Waals surface area (Å²) in [6.45, 7) is 6.44. The van der Waals surface area contributed by atoms with Crippen LogP contribution in [-0.2, 0) is 28.6 Å². The number of esters is 3. The first-order chi connectivity index (χ1) is 40.0. The van der Waals surface area contributed by atoms with Crippen LogP contribution in [-0.4, -0.2) is 37.2 Å². The molecule has 0 aliphatic rings. The molecular formula is C75H126O6. The van der Waals surface area contributed by atoms with Crippen LogP contribution in [0.1, 0.15) is 316 Å². The fourth-order valence-corrected chi connectivity index (χ4v) is 9.37. The molecule has 0 saturated carbocycles. The quantitative estimate of drug-likeness (QED) is 0.0261. The minimum atomic E-state index is -0.781. The molecule has 0 saturated heterocycles. The van der Waals surface area contributed by atoms with Crippen LogP contribution in [0.25, 0.3) is 0 Å². The predicted octanol–water partition coefficient (Wildman–Crippen LogP) is 23.6. The Morgan fingerprint density at radius 2 is 0.481 bits per heavy atom. The molecule has 1 unspecified atom stereocenters. The Kier molecular flexibility index (Phi) is 64.8. The molecule has 0 radical (unpaired) electrons. The van der Waals surface area contributed by atoms with Gasteiger partial charge in [-0.3, -0.25) is 14.4 Å². The third kappa shape index (κ3) is 66.5. The maximum atomic E-state index is 12.8. The average molecular weight is 1120 g/mol. The summed E-state index contributed by atoms with van der Waals surface area (Å²) in [5.74, 6) is -0.897. The van der Waals surface area contributed by atoms with Crippen molar-refractivity contribution in [2.45, 2.75) is 322 Å². The van der Waals surface area contributed by atoms with Crippen molar-refractivity contribution >= 4 is 17.9 Å². The Morgan fingerprint density at radius 3 is 0.753 bits per heavy atom. The summed E-state index contributed by atoms with van der Waals surface area (Å²) < 4.78 is 16.8. The summed E-state index contributed by atoms with van der Waals surface area (Å²) in [5, 5.41) is 0. The van der Waals surface area contributed by atoms with Gasteiger partial charge in [-0.05, 0) is 116 Å². The van der Waals surface area contributed by atoms with Crippen molar-refractivity contribution in [1.29, 1.82) is 0 Å². The minimum Gasteiger partial charge on any atom is -0.462 e. The molecule has 0 aliphatic carbocycles. The minimum absolute atomic E-state index is 0.0813. The Balaban J connectivity index is 4.02. The molecule has 6 heteroatoms. The van der Waals surface area contributed by atoms with Crippen LogP contribution in [0.5, 0.6) is 0 Å². The van der Waals surface area contributed by atoms with E-state index in [1.807, 2.05) is 0 Å². The summed E-state index contributed by atoms with van der Waals surface area (Å²) in [4.78, 5) is 38.0. The van der Waals surface area contributed by atoms with E-state index in [1.165, 1.54) is 148 Å². The zero-order chi connectivity index (χ0) is 58.5. The maximum absolute atomic E-state index is 12.8. The van der Waals surface area contributed by atoms with Gasteiger partial charge >= 0.3 is 17.9 Å². The fraction of sp³-hybridized carbons (Fsp3) is 0.693. The second-order valence-electron chi connectivity index (χ2n) is 22.4. The third-order valence-electron chi connectivity index (χ3n) is 14.5. The van der Waals surface area contributed by atoms with E-state index in [2.05, 4.69) is 142 Å². The first kappa shape index (κ1) is 76.8. The number of carbonyl (C=O) groups excluding carboxylic acids is 3. The molecule has 0 fully saturated rings. The Morgan fingerprint density at radius 1 is 0.259 bits per heavy atom. The van der Waals surface area contributed by atoms with Crippen molar-refractivity contribution < 1.29 is 28.6 Å². The molecule has 0 aromatic heterocycles. The Hall–Kier alpha value is -4.19. The van der Waals surface area contributed by atoms with Gasteiger partial charge in [-0.25, -0.2) is 0 Å². The van der Waals surface area contributed by atoms with Gasteiger partial charge in [0.25, 0.3) is 0 Å². The summed E-state index contributed by atoms with van der Waals surface area (Å²) in [6.07, 6.45) is 95.5. The van der Waals surface area contributed by atoms with Crippen LogP contribution in [0, 0.1) is 0 Å². The highest BCUT2D eigenvalue weighted by molar-refractivity contribution is 5.71. The number of rotatable bonds is 61. The largest absolute Gasteiger partial charge is 0.462 e. The van der Waals surface area contributed by atoms with Crippen LogP contribution >= 0.6 is 0 Å². The van der Waals surface area contributed by atoms with Crippen molar-refractivity contribution in [3.8, 4) is 0 Å². The number of carbonyl (C=O) groups is 3. The molecular weight excluding hydrogens is 997 g/mol. The first-order valence-electron chi connectivity index (χ1n) is 34.0. The molecule has 462 valence electrons. The van der Waals surface area contributed by atoms with Gasteiger partial charge < -0.3 is 14.2 Å². The Bertz CT molecular complexity index is 1670. The summed E-state index contributed by atoms with van der Waals surface area (Å²) >= 11 is 0. The standard InChI is InChI=1S/C75H126O6/c1-4-7-10-13-15-17-19-21-23-25-27-29-31-32-33-34-35-36-37-38-39-40-41-42-44-45-47-49-51-53-55-57-59-62-65-68-74(77)80-71-72(70-79-73(76)67-64-61-12-9-6-3)81-75(78)69-66-63-60-58-56-54-52-50-48-46-43-30-28-26-24-22-20-18-16-14-11-8-5-2/h7,10,15,17,20-23,26-29,32-33,35-36,38-39,43,46,72H,4-6,8-9,11-14,16,18-19,24-25,30-31,34,37,40-42,44-45,47-71H2,1-3H3/b10-7-,17-15-,22-20-,23-21-,28-26-,29-27-,33-32-,36-35-,39-38-,46-43-. The van der Waals surface area contributed by atoms with Crippen LogP contribution in [0.2, 0.25) is 0 Å². The van der Waals surface area contributed by atoms with E-state index >= 15 is 0 Å². The van der Waals surface area contributed by atoms with Crippen molar-refractivity contribution in [2.75, 3.05) is 13.2 Å². The molecule has 0 heterocycles. The molecule has 6 nitrogen and oxygen atoms in total. The second-order valence-corrected chi connectivity index (χ2v) is 22.4.